The molecule has 0 nitrogen and oxygen atoms in total. The Labute approximate surface area is 160 Å². The Hall–Kier alpha value is -0.781. The molecule has 0 N–H and O–H groups in total. The van der Waals surface area contributed by atoms with Crippen LogP contribution in [0.2, 0.25) is 0 Å². The second kappa shape index (κ2) is 8.54. The molecule has 24 heavy (non-hydrogen) atoms. The molecule has 2 aromatic rings. The van der Waals surface area contributed by atoms with Crippen molar-refractivity contribution >= 4 is 0 Å². The third-order valence-corrected chi connectivity index (χ3v) is 4.90. The average molecular weight is 366 g/mol. The zero-order chi connectivity index (χ0) is 17.1. The Morgan fingerprint density at radius 1 is 0.958 bits per heavy atom. The van der Waals surface area contributed by atoms with Crippen LogP contribution < -0.4 is 0 Å². The van der Waals surface area contributed by atoms with Crippen LogP contribution in [-0.2, 0) is 27.9 Å². The summed E-state index contributed by atoms with van der Waals surface area (Å²) in [6, 6.07) is 14.8. The van der Waals surface area contributed by atoms with Gasteiger partial charge in [0.2, 0.25) is 0 Å². The van der Waals surface area contributed by atoms with Gasteiger partial charge in [-0.05, 0) is 5.41 Å². The molecular weight excluding hydrogens is 332 g/mol. The van der Waals surface area contributed by atoms with Crippen LogP contribution >= 0.6 is 0 Å². The van der Waals surface area contributed by atoms with E-state index in [1.807, 2.05) is 30.3 Å². The van der Waals surface area contributed by atoms with Gasteiger partial charge >= 0.3 is 17.1 Å². The maximum Gasteiger partial charge on any atom is 2.00 e. The van der Waals surface area contributed by atoms with Crippen LogP contribution in [0.5, 0.6) is 0 Å². The number of rotatable bonds is 1. The topological polar surface area (TPSA) is 0 Å². The fourth-order valence-corrected chi connectivity index (χ4v) is 3.86. The molecule has 134 valence electrons. The Balaban J connectivity index is 0.000000412. The third kappa shape index (κ3) is 5.36. The molecule has 0 radical (unpaired) electrons. The fraction of sp³-hybridized carbons (Fsp3) is 0.565. The molecule has 0 atom stereocenters. The van der Waals surface area contributed by atoms with E-state index in [1.54, 1.807) is 16.7 Å². The molecule has 1 fully saturated rings. The molecule has 0 unspecified atom stereocenters. The second-order valence-electron chi connectivity index (χ2n) is 9.02. The maximum atomic E-state index is 2.43. The van der Waals surface area contributed by atoms with Crippen molar-refractivity contribution < 1.29 is 17.1 Å². The van der Waals surface area contributed by atoms with Gasteiger partial charge in [-0.25, -0.2) is 18.2 Å². The van der Waals surface area contributed by atoms with Gasteiger partial charge in [-0.2, -0.15) is 35.4 Å². The zero-order valence-corrected chi connectivity index (χ0v) is 17.4. The summed E-state index contributed by atoms with van der Waals surface area (Å²) in [4.78, 5) is 0. The van der Waals surface area contributed by atoms with E-state index >= 15 is 0 Å². The smallest absolute Gasteiger partial charge is 0.214 e. The van der Waals surface area contributed by atoms with Crippen molar-refractivity contribution in [1.82, 2.24) is 0 Å². The molecule has 0 aromatic heterocycles. The van der Waals surface area contributed by atoms with Crippen molar-refractivity contribution in [2.75, 3.05) is 0 Å². The summed E-state index contributed by atoms with van der Waals surface area (Å²) in [6.07, 6.45) is 5.64. The van der Waals surface area contributed by atoms with Gasteiger partial charge in [0, 0.05) is 0 Å². The third-order valence-electron chi connectivity index (χ3n) is 4.90. The summed E-state index contributed by atoms with van der Waals surface area (Å²) in [5, 5.41) is 0. The van der Waals surface area contributed by atoms with Crippen LogP contribution in [0.4, 0.5) is 0 Å². The van der Waals surface area contributed by atoms with Crippen LogP contribution in [0.3, 0.4) is 0 Å². The largest absolute Gasteiger partial charge is 2.00 e. The summed E-state index contributed by atoms with van der Waals surface area (Å²) in [5.74, 6) is 0.829. The molecule has 1 saturated carbocycles. The van der Waals surface area contributed by atoms with Crippen LogP contribution in [0.15, 0.2) is 42.5 Å². The Kier molecular flexibility index (Phi) is 7.57. The van der Waals surface area contributed by atoms with E-state index in [0.29, 0.717) is 0 Å². The molecule has 3 rings (SSSR count). The molecule has 0 aliphatic heterocycles. The average Bonchev–Trinajstić information content (AvgIpc) is 3.20. The fourth-order valence-electron chi connectivity index (χ4n) is 3.86. The quantitative estimate of drug-likeness (QED) is 0.374. The van der Waals surface area contributed by atoms with Gasteiger partial charge < -0.3 is 0 Å². The van der Waals surface area contributed by atoms with E-state index in [9.17, 15) is 0 Å². The van der Waals surface area contributed by atoms with E-state index < -0.39 is 0 Å². The number of hydrogen-bond acceptors (Lipinski definition) is 0. The first-order valence-corrected chi connectivity index (χ1v) is 9.18. The molecule has 1 aliphatic rings. The van der Waals surface area contributed by atoms with Crippen LogP contribution in [0.25, 0.3) is 0 Å². The second-order valence-corrected chi connectivity index (χ2v) is 9.02. The van der Waals surface area contributed by atoms with E-state index in [0.717, 1.165) is 5.92 Å². The van der Waals surface area contributed by atoms with Gasteiger partial charge in [0.1, 0.15) is 0 Å². The van der Waals surface area contributed by atoms with Crippen molar-refractivity contribution in [3.8, 4) is 0 Å². The van der Waals surface area contributed by atoms with Crippen molar-refractivity contribution in [2.24, 2.45) is 0 Å². The van der Waals surface area contributed by atoms with E-state index in [4.69, 9.17) is 0 Å². The Morgan fingerprint density at radius 2 is 1.50 bits per heavy atom. The Morgan fingerprint density at radius 3 is 1.88 bits per heavy atom. The zero-order valence-electron chi connectivity index (χ0n) is 16.3. The van der Waals surface area contributed by atoms with Gasteiger partial charge in [0.15, 0.2) is 0 Å². The minimum atomic E-state index is 0. The van der Waals surface area contributed by atoms with Crippen molar-refractivity contribution in [2.45, 2.75) is 84.0 Å². The van der Waals surface area contributed by atoms with Gasteiger partial charge in [-0.3, -0.25) is 0 Å². The van der Waals surface area contributed by atoms with E-state index in [2.05, 4.69) is 53.7 Å². The maximum absolute atomic E-state index is 2.43. The molecular formula is C23H34Fe. The first kappa shape index (κ1) is 21.3. The van der Waals surface area contributed by atoms with E-state index in [-0.39, 0.29) is 27.9 Å². The molecule has 0 spiro atoms. The summed E-state index contributed by atoms with van der Waals surface area (Å²) in [5.41, 5.74) is 5.40. The Bertz CT molecular complexity index is 549. The molecule has 0 saturated heterocycles. The first-order valence-electron chi connectivity index (χ1n) is 9.18. The van der Waals surface area contributed by atoms with Crippen molar-refractivity contribution in [1.29, 1.82) is 0 Å². The number of hydrogen-bond donors (Lipinski definition) is 0. The van der Waals surface area contributed by atoms with Crippen molar-refractivity contribution in [3.63, 3.8) is 0 Å². The summed E-state index contributed by atoms with van der Waals surface area (Å²) in [6.45, 7) is 14.1. The SMILES string of the molecule is CC(C)(C)c1c(C2CCCC2)cc[c-]1C(C)(C)C.[Fe+2].c1cc[cH-]c1. The minimum absolute atomic E-state index is 0. The first-order chi connectivity index (χ1) is 10.7. The normalized spacial score (nSPS) is 15.6. The van der Waals surface area contributed by atoms with Crippen LogP contribution in [0.1, 0.15) is 89.8 Å². The molecule has 1 aliphatic carbocycles. The summed E-state index contributed by atoms with van der Waals surface area (Å²) >= 11 is 0. The predicted molar refractivity (Wildman–Crippen MR) is 103 cm³/mol. The molecule has 0 bridgehead atoms. The molecule has 0 heterocycles. The standard InChI is InChI=1S/C18H29.C5H5.Fe/c1-17(2,3)15-12-11-14(13-9-7-8-10-13)16(15)18(4,5)6;1-2-4-5-3-1;/h11-13H,7-10H2,1-6H3;1-5H;/q2*-1;+2. The molecule has 2 aromatic carbocycles. The van der Waals surface area contributed by atoms with Gasteiger partial charge in [0.25, 0.3) is 0 Å². The van der Waals surface area contributed by atoms with Crippen LogP contribution in [0, 0.1) is 0 Å². The summed E-state index contributed by atoms with van der Waals surface area (Å²) in [7, 11) is 0. The van der Waals surface area contributed by atoms with E-state index in [1.165, 1.54) is 25.7 Å². The predicted octanol–water partition coefficient (Wildman–Crippen LogP) is 7.06. The summed E-state index contributed by atoms with van der Waals surface area (Å²) < 4.78 is 0. The van der Waals surface area contributed by atoms with Gasteiger partial charge in [-0.15, -0.1) is 5.56 Å². The van der Waals surface area contributed by atoms with Crippen molar-refractivity contribution in [3.05, 3.63) is 59.2 Å². The molecule has 0 amide bonds. The van der Waals surface area contributed by atoms with Gasteiger partial charge in [0.05, 0.1) is 0 Å². The minimum Gasteiger partial charge on any atom is -0.214 e. The monoisotopic (exact) mass is 366 g/mol. The molecule has 1 heteroatoms. The van der Waals surface area contributed by atoms with Crippen LogP contribution in [-0.4, -0.2) is 0 Å². The van der Waals surface area contributed by atoms with Gasteiger partial charge in [-0.1, -0.05) is 78.6 Å².